The third-order valence-electron chi connectivity index (χ3n) is 5.77. The Morgan fingerprint density at radius 2 is 1.94 bits per heavy atom. The minimum atomic E-state index is -0.714. The van der Waals surface area contributed by atoms with Gasteiger partial charge in [0.1, 0.15) is 6.04 Å². The number of hydrogen-bond donors (Lipinski definition) is 1. The minimum Gasteiger partial charge on any atom is -0.504 e. The molecular formula is C26H27N3O5S. The molecule has 3 aromatic rings. The SMILES string of the molecule is CCOC(=O)C1=C(C)n2c(s/c(=C\c3ccc(N(C)C)cc3)c2=O)=N[C@H]1c1ccc(O)c(OC)c1. The van der Waals surface area contributed by atoms with Gasteiger partial charge in [0.2, 0.25) is 0 Å². The van der Waals surface area contributed by atoms with Crippen LogP contribution in [0.2, 0.25) is 0 Å². The molecule has 4 rings (SSSR count). The minimum absolute atomic E-state index is 0.0179. The van der Waals surface area contributed by atoms with Crippen LogP contribution in [-0.2, 0) is 9.53 Å². The number of allylic oxidation sites excluding steroid dienone is 1. The summed E-state index contributed by atoms with van der Waals surface area (Å²) < 4.78 is 12.5. The fourth-order valence-electron chi connectivity index (χ4n) is 3.94. The number of methoxy groups -OCH3 is 1. The molecule has 0 unspecified atom stereocenters. The second-order valence-electron chi connectivity index (χ2n) is 8.20. The number of aromatic nitrogens is 1. The van der Waals surface area contributed by atoms with Crippen LogP contribution < -0.4 is 24.5 Å². The Morgan fingerprint density at radius 1 is 1.23 bits per heavy atom. The first-order chi connectivity index (χ1) is 16.7. The van der Waals surface area contributed by atoms with Crippen molar-refractivity contribution in [2.75, 3.05) is 32.7 Å². The summed E-state index contributed by atoms with van der Waals surface area (Å²) in [5, 5.41) is 10.0. The van der Waals surface area contributed by atoms with E-state index in [1.165, 1.54) is 29.1 Å². The third kappa shape index (κ3) is 4.59. The first-order valence-electron chi connectivity index (χ1n) is 11.1. The number of ether oxygens (including phenoxy) is 2. The summed E-state index contributed by atoms with van der Waals surface area (Å²) >= 11 is 1.26. The zero-order valence-corrected chi connectivity index (χ0v) is 21.0. The Kier molecular flexibility index (Phi) is 6.79. The van der Waals surface area contributed by atoms with Gasteiger partial charge >= 0.3 is 5.97 Å². The van der Waals surface area contributed by atoms with Gasteiger partial charge in [0.25, 0.3) is 5.56 Å². The molecule has 2 heterocycles. The maximum Gasteiger partial charge on any atom is 0.338 e. The van der Waals surface area contributed by atoms with E-state index in [0.717, 1.165) is 11.3 Å². The number of phenolic OH excluding ortho intramolecular Hbond substituents is 1. The Bertz CT molecular complexity index is 1480. The summed E-state index contributed by atoms with van der Waals surface area (Å²) in [7, 11) is 5.39. The number of fused-ring (bicyclic) bond motifs is 1. The highest BCUT2D eigenvalue weighted by Gasteiger charge is 2.31. The van der Waals surface area contributed by atoms with Crippen LogP contribution in [0.3, 0.4) is 0 Å². The first-order valence-corrected chi connectivity index (χ1v) is 11.9. The lowest BCUT2D eigenvalue weighted by Crippen LogP contribution is -2.35. The zero-order chi connectivity index (χ0) is 25.3. The van der Waals surface area contributed by atoms with Crippen LogP contribution in [0, 0.1) is 0 Å². The number of rotatable bonds is 6. The third-order valence-corrected chi connectivity index (χ3v) is 6.75. The van der Waals surface area contributed by atoms with E-state index < -0.39 is 12.0 Å². The van der Waals surface area contributed by atoms with Crippen LogP contribution >= 0.6 is 11.3 Å². The van der Waals surface area contributed by atoms with Crippen molar-refractivity contribution in [3.63, 3.8) is 0 Å². The number of aromatic hydroxyl groups is 1. The summed E-state index contributed by atoms with van der Waals surface area (Å²) in [5.41, 5.74) is 3.08. The van der Waals surface area contributed by atoms with Crippen LogP contribution in [0.4, 0.5) is 5.69 Å². The number of benzene rings is 2. The average molecular weight is 494 g/mol. The molecule has 0 saturated carbocycles. The molecule has 1 atom stereocenters. The van der Waals surface area contributed by atoms with Crippen LogP contribution in [0.25, 0.3) is 11.8 Å². The van der Waals surface area contributed by atoms with Gasteiger partial charge in [-0.05, 0) is 55.3 Å². The molecule has 1 aliphatic rings. The summed E-state index contributed by atoms with van der Waals surface area (Å²) in [6, 6.07) is 12.0. The molecular weight excluding hydrogens is 466 g/mol. The van der Waals surface area contributed by atoms with Gasteiger partial charge < -0.3 is 19.5 Å². The van der Waals surface area contributed by atoms with Crippen molar-refractivity contribution in [2.45, 2.75) is 19.9 Å². The molecule has 1 aromatic heterocycles. The van der Waals surface area contributed by atoms with Crippen molar-refractivity contribution in [1.82, 2.24) is 4.57 Å². The Balaban J connectivity index is 1.90. The van der Waals surface area contributed by atoms with Crippen molar-refractivity contribution in [2.24, 2.45) is 4.99 Å². The second-order valence-corrected chi connectivity index (χ2v) is 9.21. The maximum absolute atomic E-state index is 13.4. The summed E-state index contributed by atoms with van der Waals surface area (Å²) in [4.78, 5) is 33.6. The quantitative estimate of drug-likeness (QED) is 0.531. The molecule has 1 N–H and O–H groups in total. The van der Waals surface area contributed by atoms with Crippen molar-refractivity contribution >= 4 is 34.8 Å². The van der Waals surface area contributed by atoms with Crippen molar-refractivity contribution in [1.29, 1.82) is 0 Å². The second kappa shape index (κ2) is 9.79. The fraction of sp³-hybridized carbons (Fsp3) is 0.269. The van der Waals surface area contributed by atoms with Crippen LogP contribution in [0.15, 0.2) is 57.8 Å². The lowest BCUT2D eigenvalue weighted by Gasteiger charge is -2.22. The van der Waals surface area contributed by atoms with Gasteiger partial charge in [-0.15, -0.1) is 0 Å². The van der Waals surface area contributed by atoms with Gasteiger partial charge in [0.15, 0.2) is 16.3 Å². The topological polar surface area (TPSA) is 93.4 Å². The van der Waals surface area contributed by atoms with E-state index in [0.29, 0.717) is 20.6 Å². The fourth-order valence-corrected chi connectivity index (χ4v) is 4.98. The van der Waals surface area contributed by atoms with Crippen LogP contribution in [0.1, 0.15) is 31.0 Å². The average Bonchev–Trinajstić information content (AvgIpc) is 3.14. The molecule has 0 fully saturated rings. The normalized spacial score (nSPS) is 15.5. The van der Waals surface area contributed by atoms with Gasteiger partial charge in [-0.3, -0.25) is 9.36 Å². The van der Waals surface area contributed by atoms with Gasteiger partial charge in [-0.1, -0.05) is 29.5 Å². The lowest BCUT2D eigenvalue weighted by atomic mass is 9.96. The van der Waals surface area contributed by atoms with Gasteiger partial charge in [0, 0.05) is 25.5 Å². The molecule has 8 nitrogen and oxygen atoms in total. The number of esters is 1. The van der Waals surface area contributed by atoms with Crippen LogP contribution in [-0.4, -0.2) is 43.5 Å². The van der Waals surface area contributed by atoms with Crippen molar-refractivity contribution in [3.05, 3.63) is 78.9 Å². The Labute approximate surface area is 206 Å². The van der Waals surface area contributed by atoms with E-state index in [9.17, 15) is 14.7 Å². The standard InChI is InChI=1S/C26H27N3O5S/c1-6-34-25(32)22-15(2)29-24(31)21(13-16-7-10-18(11-8-16)28(3)4)35-26(29)27-23(22)17-9-12-19(30)20(14-17)33-5/h7-14,23,30H,6H2,1-5H3/b21-13-/t23-/m0/s1. The number of phenols is 1. The number of hydrogen-bond acceptors (Lipinski definition) is 8. The van der Waals surface area contributed by atoms with Gasteiger partial charge in [-0.2, -0.15) is 0 Å². The smallest absolute Gasteiger partial charge is 0.338 e. The van der Waals surface area contributed by atoms with E-state index in [4.69, 9.17) is 14.5 Å². The van der Waals surface area contributed by atoms with E-state index in [1.54, 1.807) is 26.0 Å². The van der Waals surface area contributed by atoms with Crippen LogP contribution in [0.5, 0.6) is 11.5 Å². The molecule has 0 bridgehead atoms. The van der Waals surface area contributed by atoms with E-state index >= 15 is 0 Å². The zero-order valence-electron chi connectivity index (χ0n) is 20.2. The Morgan fingerprint density at radius 3 is 2.57 bits per heavy atom. The molecule has 182 valence electrons. The largest absolute Gasteiger partial charge is 0.504 e. The molecule has 0 saturated heterocycles. The number of carbonyl (C=O) groups excluding carboxylic acids is 1. The molecule has 0 spiro atoms. The lowest BCUT2D eigenvalue weighted by molar-refractivity contribution is -0.138. The maximum atomic E-state index is 13.4. The molecule has 2 aromatic carbocycles. The predicted molar refractivity (Wildman–Crippen MR) is 137 cm³/mol. The predicted octanol–water partition coefficient (Wildman–Crippen LogP) is 2.69. The summed E-state index contributed by atoms with van der Waals surface area (Å²) in [6.45, 7) is 3.64. The van der Waals surface area contributed by atoms with E-state index in [1.807, 2.05) is 49.3 Å². The highest BCUT2D eigenvalue weighted by Crippen LogP contribution is 2.36. The molecule has 1 aliphatic heterocycles. The number of nitrogens with zero attached hydrogens (tertiary/aromatic N) is 3. The highest BCUT2D eigenvalue weighted by molar-refractivity contribution is 7.07. The number of thiazole rings is 1. The highest BCUT2D eigenvalue weighted by atomic mass is 32.1. The van der Waals surface area contributed by atoms with Crippen molar-refractivity contribution < 1.29 is 19.4 Å². The number of carbonyl (C=O) groups is 1. The van der Waals surface area contributed by atoms with Gasteiger partial charge in [-0.25, -0.2) is 9.79 Å². The van der Waals surface area contributed by atoms with Crippen molar-refractivity contribution in [3.8, 4) is 11.5 Å². The molecule has 35 heavy (non-hydrogen) atoms. The van der Waals surface area contributed by atoms with Gasteiger partial charge in [0.05, 0.1) is 23.8 Å². The van der Waals surface area contributed by atoms with E-state index in [-0.39, 0.29) is 29.2 Å². The molecule has 9 heteroatoms. The summed E-state index contributed by atoms with van der Waals surface area (Å²) in [5.74, 6) is -0.294. The first kappa shape index (κ1) is 24.3. The van der Waals surface area contributed by atoms with E-state index in [2.05, 4.69) is 0 Å². The Hall–Kier alpha value is -3.85. The number of anilines is 1. The summed E-state index contributed by atoms with van der Waals surface area (Å²) in [6.07, 6.45) is 1.82. The molecule has 0 aliphatic carbocycles. The monoisotopic (exact) mass is 493 g/mol. The molecule has 0 radical (unpaired) electrons. The molecule has 0 amide bonds.